The molecule has 3 aromatic rings. The van der Waals surface area contributed by atoms with Gasteiger partial charge in [-0.1, -0.05) is 23.9 Å². The highest BCUT2D eigenvalue weighted by atomic mass is 32.2. The molecule has 0 aliphatic rings. The Bertz CT molecular complexity index is 860. The first-order valence-corrected chi connectivity index (χ1v) is 8.84. The number of nitrogens with zero attached hydrogens (tertiary/aromatic N) is 4. The molecule has 0 spiro atoms. The number of rotatable bonds is 6. The van der Waals surface area contributed by atoms with E-state index in [0.717, 1.165) is 22.6 Å². The van der Waals surface area contributed by atoms with E-state index < -0.39 is 0 Å². The molecule has 0 saturated heterocycles. The molecule has 7 nitrogen and oxygen atoms in total. The Morgan fingerprint density at radius 1 is 1.36 bits per heavy atom. The van der Waals surface area contributed by atoms with Crippen LogP contribution in [0.25, 0.3) is 5.69 Å². The third-order valence-corrected chi connectivity index (χ3v) is 4.63. The van der Waals surface area contributed by atoms with Crippen LogP contribution in [-0.2, 0) is 4.79 Å². The lowest BCUT2D eigenvalue weighted by Crippen LogP contribution is -2.28. The van der Waals surface area contributed by atoms with Gasteiger partial charge >= 0.3 is 0 Å². The molecule has 130 valence electrons. The van der Waals surface area contributed by atoms with Gasteiger partial charge in [0.2, 0.25) is 11.1 Å². The van der Waals surface area contributed by atoms with Gasteiger partial charge in [0.25, 0.3) is 0 Å². The minimum Gasteiger partial charge on any atom is -0.467 e. The summed E-state index contributed by atoms with van der Waals surface area (Å²) in [7, 11) is 0. The zero-order chi connectivity index (χ0) is 17.8. The average molecular weight is 357 g/mol. The quantitative estimate of drug-likeness (QED) is 0.683. The van der Waals surface area contributed by atoms with Gasteiger partial charge in [-0.15, -0.1) is 5.10 Å². The molecule has 1 N–H and O–H groups in total. The first-order valence-electron chi connectivity index (χ1n) is 7.86. The fourth-order valence-corrected chi connectivity index (χ4v) is 3.08. The second kappa shape index (κ2) is 7.52. The van der Waals surface area contributed by atoms with Crippen LogP contribution >= 0.6 is 11.8 Å². The number of carbonyl (C=O) groups excluding carboxylic acids is 1. The third-order valence-electron chi connectivity index (χ3n) is 3.71. The molecule has 0 bridgehead atoms. The predicted octanol–water partition coefficient (Wildman–Crippen LogP) is 2.84. The molecular formula is C17H19N5O2S. The zero-order valence-electron chi connectivity index (χ0n) is 14.3. The topological polar surface area (TPSA) is 85.8 Å². The van der Waals surface area contributed by atoms with E-state index in [1.807, 2.05) is 45.0 Å². The summed E-state index contributed by atoms with van der Waals surface area (Å²) in [5.41, 5.74) is 3.10. The summed E-state index contributed by atoms with van der Waals surface area (Å²) in [6.07, 6.45) is 1.59. The number of nitrogens with one attached hydrogen (secondary N) is 1. The van der Waals surface area contributed by atoms with Gasteiger partial charge in [-0.3, -0.25) is 4.79 Å². The summed E-state index contributed by atoms with van der Waals surface area (Å²) >= 11 is 1.29. The van der Waals surface area contributed by atoms with E-state index in [-0.39, 0.29) is 17.7 Å². The summed E-state index contributed by atoms with van der Waals surface area (Å²) < 4.78 is 6.95. The Labute approximate surface area is 149 Å². The maximum atomic E-state index is 12.2. The number of thioether (sulfide) groups is 1. The number of aryl methyl sites for hydroxylation is 2. The van der Waals surface area contributed by atoms with Gasteiger partial charge in [0, 0.05) is 0 Å². The van der Waals surface area contributed by atoms with Crippen LogP contribution in [0.3, 0.4) is 0 Å². The van der Waals surface area contributed by atoms with Crippen molar-refractivity contribution >= 4 is 17.7 Å². The average Bonchev–Trinajstić information content (AvgIpc) is 3.26. The van der Waals surface area contributed by atoms with Crippen molar-refractivity contribution in [2.24, 2.45) is 0 Å². The molecule has 1 aromatic carbocycles. The minimum absolute atomic E-state index is 0.107. The van der Waals surface area contributed by atoms with E-state index in [9.17, 15) is 4.79 Å². The molecule has 0 fully saturated rings. The maximum Gasteiger partial charge on any atom is 0.231 e. The summed E-state index contributed by atoms with van der Waals surface area (Å²) in [6.45, 7) is 5.90. The Morgan fingerprint density at radius 3 is 2.96 bits per heavy atom. The van der Waals surface area contributed by atoms with E-state index in [1.165, 1.54) is 11.8 Å². The Kier molecular flexibility index (Phi) is 5.18. The van der Waals surface area contributed by atoms with Crippen LogP contribution in [0, 0.1) is 13.8 Å². The molecule has 1 atom stereocenters. The number of carbonyl (C=O) groups is 1. The SMILES string of the molecule is Cc1ccc(C)c(-n2nnnc2SCC(=O)N[C@H](C)c2ccco2)c1. The minimum atomic E-state index is -0.182. The summed E-state index contributed by atoms with van der Waals surface area (Å²) in [6, 6.07) is 9.54. The van der Waals surface area contributed by atoms with Crippen LogP contribution in [0.15, 0.2) is 46.2 Å². The van der Waals surface area contributed by atoms with Crippen LogP contribution < -0.4 is 5.32 Å². The molecule has 1 amide bonds. The highest BCUT2D eigenvalue weighted by Gasteiger charge is 2.15. The van der Waals surface area contributed by atoms with Gasteiger partial charge in [-0.2, -0.15) is 4.68 Å². The standard InChI is InChI=1S/C17H19N5O2S/c1-11-6-7-12(2)14(9-11)22-17(19-20-21-22)25-10-16(23)18-13(3)15-5-4-8-24-15/h4-9,13H,10H2,1-3H3,(H,18,23)/t13-/m1/s1. The number of hydrogen-bond acceptors (Lipinski definition) is 6. The highest BCUT2D eigenvalue weighted by molar-refractivity contribution is 7.99. The lowest BCUT2D eigenvalue weighted by molar-refractivity contribution is -0.119. The van der Waals surface area contributed by atoms with Crippen molar-refractivity contribution in [1.29, 1.82) is 0 Å². The highest BCUT2D eigenvalue weighted by Crippen LogP contribution is 2.22. The number of amides is 1. The van der Waals surface area contributed by atoms with Crippen LogP contribution in [0.2, 0.25) is 0 Å². The molecule has 2 aromatic heterocycles. The number of tetrazole rings is 1. The van der Waals surface area contributed by atoms with Gasteiger partial charge in [-0.25, -0.2) is 0 Å². The van der Waals surface area contributed by atoms with Crippen molar-refractivity contribution in [1.82, 2.24) is 25.5 Å². The van der Waals surface area contributed by atoms with Crippen LogP contribution in [0.1, 0.15) is 29.9 Å². The number of furan rings is 1. The fraction of sp³-hybridized carbons (Fsp3) is 0.294. The molecule has 0 aliphatic heterocycles. The number of aromatic nitrogens is 4. The monoisotopic (exact) mass is 357 g/mol. The predicted molar refractivity (Wildman–Crippen MR) is 94.6 cm³/mol. The third kappa shape index (κ3) is 4.08. The smallest absolute Gasteiger partial charge is 0.231 e. The van der Waals surface area contributed by atoms with Gasteiger partial charge < -0.3 is 9.73 Å². The van der Waals surface area contributed by atoms with E-state index in [2.05, 4.69) is 20.8 Å². The van der Waals surface area contributed by atoms with Crippen molar-refractivity contribution in [3.63, 3.8) is 0 Å². The Balaban J connectivity index is 1.65. The second-order valence-electron chi connectivity index (χ2n) is 5.76. The second-order valence-corrected chi connectivity index (χ2v) is 6.70. The first-order chi connectivity index (χ1) is 12.0. The van der Waals surface area contributed by atoms with Crippen LogP contribution in [0.4, 0.5) is 0 Å². The van der Waals surface area contributed by atoms with Gasteiger partial charge in [0.15, 0.2) is 0 Å². The summed E-state index contributed by atoms with van der Waals surface area (Å²) in [5, 5.41) is 15.3. The van der Waals surface area contributed by atoms with Crippen LogP contribution in [-0.4, -0.2) is 31.9 Å². The van der Waals surface area contributed by atoms with Crippen molar-refractivity contribution in [3.05, 3.63) is 53.5 Å². The van der Waals surface area contributed by atoms with E-state index >= 15 is 0 Å². The van der Waals surface area contributed by atoms with Gasteiger partial charge in [0.1, 0.15) is 5.76 Å². The molecular weight excluding hydrogens is 338 g/mol. The maximum absolute atomic E-state index is 12.2. The fourth-order valence-electron chi connectivity index (χ4n) is 2.39. The summed E-state index contributed by atoms with van der Waals surface area (Å²) in [5.74, 6) is 0.832. The van der Waals surface area contributed by atoms with E-state index in [0.29, 0.717) is 5.16 Å². The lowest BCUT2D eigenvalue weighted by Gasteiger charge is -2.11. The molecule has 3 rings (SSSR count). The normalized spacial score (nSPS) is 12.1. The van der Waals surface area contributed by atoms with Crippen LogP contribution in [0.5, 0.6) is 0 Å². The van der Waals surface area contributed by atoms with Gasteiger partial charge in [-0.05, 0) is 60.5 Å². The van der Waals surface area contributed by atoms with Crippen molar-refractivity contribution in [2.75, 3.05) is 5.75 Å². The molecule has 0 unspecified atom stereocenters. The number of benzene rings is 1. The molecule has 0 radical (unpaired) electrons. The molecule has 0 aliphatic carbocycles. The molecule has 8 heteroatoms. The lowest BCUT2D eigenvalue weighted by atomic mass is 10.1. The van der Waals surface area contributed by atoms with Crippen molar-refractivity contribution < 1.29 is 9.21 Å². The first kappa shape index (κ1) is 17.2. The van der Waals surface area contributed by atoms with E-state index in [1.54, 1.807) is 17.0 Å². The zero-order valence-corrected chi connectivity index (χ0v) is 15.1. The largest absolute Gasteiger partial charge is 0.467 e. The Morgan fingerprint density at radius 2 is 2.20 bits per heavy atom. The van der Waals surface area contributed by atoms with Crippen molar-refractivity contribution in [2.45, 2.75) is 32.0 Å². The number of hydrogen-bond donors (Lipinski definition) is 1. The van der Waals surface area contributed by atoms with E-state index in [4.69, 9.17) is 4.42 Å². The molecule has 25 heavy (non-hydrogen) atoms. The molecule has 0 saturated carbocycles. The summed E-state index contributed by atoms with van der Waals surface area (Å²) in [4.78, 5) is 12.2. The Hall–Kier alpha value is -2.61. The van der Waals surface area contributed by atoms with Gasteiger partial charge in [0.05, 0.1) is 23.7 Å². The molecule has 2 heterocycles. The van der Waals surface area contributed by atoms with Crippen molar-refractivity contribution in [3.8, 4) is 5.69 Å².